The molecule has 0 aliphatic heterocycles. The summed E-state index contributed by atoms with van der Waals surface area (Å²) < 4.78 is 1.75. The van der Waals surface area contributed by atoms with Crippen LogP contribution in [0.3, 0.4) is 0 Å². The summed E-state index contributed by atoms with van der Waals surface area (Å²) in [5.41, 5.74) is 0. The Morgan fingerprint density at radius 3 is 1.83 bits per heavy atom. The minimum Gasteiger partial charge on any atom is -0.493 e. The molecule has 1 heteroatoms. The summed E-state index contributed by atoms with van der Waals surface area (Å²) in [5.74, 6) is 0. The smallest absolute Gasteiger partial charge is 0.102 e. The van der Waals surface area contributed by atoms with Gasteiger partial charge in [0.05, 0.1) is 0 Å². The van der Waals surface area contributed by atoms with Gasteiger partial charge < -0.3 is 4.57 Å². The van der Waals surface area contributed by atoms with Crippen molar-refractivity contribution in [3.63, 3.8) is 0 Å². The third kappa shape index (κ3) is 0.385. The van der Waals surface area contributed by atoms with Crippen LogP contribution in [0.2, 0.25) is 0 Å². The van der Waals surface area contributed by atoms with Gasteiger partial charge in [-0.3, -0.25) is 0 Å². The van der Waals surface area contributed by atoms with E-state index in [1.165, 1.54) is 0 Å². The summed E-state index contributed by atoms with van der Waals surface area (Å²) in [6.45, 7) is 0. The van der Waals surface area contributed by atoms with E-state index in [2.05, 4.69) is 7.05 Å². The van der Waals surface area contributed by atoms with Crippen LogP contribution in [0.5, 0.6) is 0 Å². The molecule has 0 bridgehead atoms. The lowest BCUT2D eigenvalue weighted by Crippen LogP contribution is -1.71. The van der Waals surface area contributed by atoms with Gasteiger partial charge in [-0.15, -0.1) is 31.6 Å². The molecule has 0 unspecified atom stereocenters. The van der Waals surface area contributed by atoms with Crippen LogP contribution >= 0.6 is 0 Å². The van der Waals surface area contributed by atoms with E-state index in [4.69, 9.17) is 0 Å². The number of nitrogens with zero attached hydrogens (tertiary/aromatic N) is 1. The molecule has 32 valence electrons. The van der Waals surface area contributed by atoms with Gasteiger partial charge in [0.2, 0.25) is 0 Å². The van der Waals surface area contributed by atoms with Crippen LogP contribution in [-0.4, -0.2) is 4.57 Å². The Kier molecular flexibility index (Phi) is 0.607. The van der Waals surface area contributed by atoms with Crippen LogP contribution in [0.15, 0.2) is 24.5 Å². The molecule has 0 aromatic carbocycles. The fourth-order valence-corrected chi connectivity index (χ4v) is 0.370. The van der Waals surface area contributed by atoms with E-state index >= 15 is 0 Å². The zero-order valence-corrected chi connectivity index (χ0v) is 3.46. The normalized spacial score (nSPS) is 8.67. The molecule has 0 spiro atoms. The van der Waals surface area contributed by atoms with Crippen LogP contribution < -0.4 is 0 Å². The van der Waals surface area contributed by atoms with Crippen molar-refractivity contribution in [2.24, 2.45) is 0 Å². The van der Waals surface area contributed by atoms with Crippen molar-refractivity contribution in [2.45, 2.75) is 0 Å². The number of aromatic nitrogens is 1. The molecular formula is C5H6N-. The molecule has 0 fully saturated rings. The van der Waals surface area contributed by atoms with Gasteiger partial charge in [0, 0.05) is 0 Å². The van der Waals surface area contributed by atoms with Crippen LogP contribution in [0, 0.1) is 7.05 Å². The van der Waals surface area contributed by atoms with Crippen molar-refractivity contribution in [2.75, 3.05) is 0 Å². The summed E-state index contributed by atoms with van der Waals surface area (Å²) in [6.07, 6.45) is 3.78. The molecule has 0 saturated carbocycles. The Hall–Kier alpha value is -0.850. The van der Waals surface area contributed by atoms with Crippen LogP contribution in [-0.2, 0) is 0 Å². The summed E-state index contributed by atoms with van der Waals surface area (Å²) in [6, 6.07) is 3.88. The Morgan fingerprint density at radius 1 is 1.17 bits per heavy atom. The maximum absolute atomic E-state index is 3.60. The molecule has 6 heavy (non-hydrogen) atoms. The van der Waals surface area contributed by atoms with E-state index < -0.39 is 0 Å². The van der Waals surface area contributed by atoms with E-state index in [1.54, 1.807) is 4.57 Å². The number of hydrogen-bond donors (Lipinski definition) is 0. The topological polar surface area (TPSA) is 4.93 Å². The number of hydrogen-bond acceptors (Lipinski definition) is 0. The molecule has 0 atom stereocenters. The Bertz CT molecular complexity index is 107. The fraction of sp³-hybridized carbons (Fsp3) is 0. The minimum atomic E-state index is 1.75. The van der Waals surface area contributed by atoms with Gasteiger partial charge in [0.25, 0.3) is 0 Å². The summed E-state index contributed by atoms with van der Waals surface area (Å²) in [7, 11) is 3.60. The monoisotopic (exact) mass is 80.1 g/mol. The molecule has 1 aromatic rings. The lowest BCUT2D eigenvalue weighted by atomic mass is 10.7. The van der Waals surface area contributed by atoms with Gasteiger partial charge in [-0.2, -0.15) is 0 Å². The molecule has 0 aliphatic rings. The highest BCUT2D eigenvalue weighted by Gasteiger charge is 1.57. The van der Waals surface area contributed by atoms with Gasteiger partial charge in [0.15, 0.2) is 0 Å². The lowest BCUT2D eigenvalue weighted by Gasteiger charge is -1.91. The molecular weight excluding hydrogens is 74.1 g/mol. The van der Waals surface area contributed by atoms with E-state index in [0.717, 1.165) is 0 Å². The van der Waals surface area contributed by atoms with Crippen molar-refractivity contribution in [1.82, 2.24) is 4.57 Å². The zero-order chi connectivity index (χ0) is 4.41. The van der Waals surface area contributed by atoms with Crippen molar-refractivity contribution in [3.05, 3.63) is 31.6 Å². The second kappa shape index (κ2) is 1.09. The van der Waals surface area contributed by atoms with Gasteiger partial charge >= 0.3 is 0 Å². The van der Waals surface area contributed by atoms with E-state index in [1.807, 2.05) is 24.5 Å². The highest BCUT2D eigenvalue weighted by atomic mass is 14.9. The first-order valence-electron chi connectivity index (χ1n) is 1.83. The second-order valence-corrected chi connectivity index (χ2v) is 1.20. The van der Waals surface area contributed by atoms with Crippen molar-refractivity contribution >= 4 is 0 Å². The summed E-state index contributed by atoms with van der Waals surface area (Å²) >= 11 is 0. The average Bonchev–Trinajstić information content (AvgIpc) is 1.86. The number of rotatable bonds is 0. The largest absolute Gasteiger partial charge is 0.493 e. The average molecular weight is 80.1 g/mol. The van der Waals surface area contributed by atoms with Gasteiger partial charge in [0.1, 0.15) is 0 Å². The SMILES string of the molecule is [CH2-]n1cccc1. The quantitative estimate of drug-likeness (QED) is 0.412. The van der Waals surface area contributed by atoms with Crippen LogP contribution in [0.4, 0.5) is 0 Å². The van der Waals surface area contributed by atoms with Crippen LogP contribution in [0.25, 0.3) is 0 Å². The maximum atomic E-state index is 3.60. The highest BCUT2D eigenvalue weighted by molar-refractivity contribution is 4.90. The third-order valence-electron chi connectivity index (χ3n) is 0.666. The highest BCUT2D eigenvalue weighted by Crippen LogP contribution is 1.81. The molecule has 1 aromatic heterocycles. The van der Waals surface area contributed by atoms with E-state index in [-0.39, 0.29) is 0 Å². The molecule has 1 nitrogen and oxygen atoms in total. The van der Waals surface area contributed by atoms with Crippen molar-refractivity contribution in [1.29, 1.82) is 0 Å². The first kappa shape index (κ1) is 3.34. The van der Waals surface area contributed by atoms with Crippen LogP contribution in [0.1, 0.15) is 0 Å². The minimum absolute atomic E-state index is 1.75. The van der Waals surface area contributed by atoms with Gasteiger partial charge in [-0.05, 0) is 0 Å². The Labute approximate surface area is 37.2 Å². The van der Waals surface area contributed by atoms with Crippen molar-refractivity contribution in [3.8, 4) is 0 Å². The predicted octanol–water partition coefficient (Wildman–Crippen LogP) is 1.13. The molecule has 1 rings (SSSR count). The van der Waals surface area contributed by atoms with Gasteiger partial charge in [-0.1, -0.05) is 0 Å². The summed E-state index contributed by atoms with van der Waals surface area (Å²) in [5, 5.41) is 0. The predicted molar refractivity (Wildman–Crippen MR) is 25.2 cm³/mol. The molecule has 0 aliphatic carbocycles. The second-order valence-electron chi connectivity index (χ2n) is 1.20. The van der Waals surface area contributed by atoms with Gasteiger partial charge in [-0.25, -0.2) is 0 Å². The molecule has 0 radical (unpaired) electrons. The standard InChI is InChI=1S/C5H6N/c1-6-4-2-3-5-6/h2-5H,1H2/q-1. The van der Waals surface area contributed by atoms with E-state index in [9.17, 15) is 0 Å². The first-order valence-corrected chi connectivity index (χ1v) is 1.83. The van der Waals surface area contributed by atoms with E-state index in [0.29, 0.717) is 0 Å². The fourth-order valence-electron chi connectivity index (χ4n) is 0.370. The molecule has 0 amide bonds. The zero-order valence-electron chi connectivity index (χ0n) is 3.46. The first-order chi connectivity index (χ1) is 2.89. The molecule has 0 saturated heterocycles. The van der Waals surface area contributed by atoms with Crippen molar-refractivity contribution < 1.29 is 0 Å². The lowest BCUT2D eigenvalue weighted by molar-refractivity contribution is 1.09. The third-order valence-corrected chi connectivity index (χ3v) is 0.666. The molecule has 0 N–H and O–H groups in total. The Balaban J connectivity index is 3.05. The Morgan fingerprint density at radius 2 is 1.67 bits per heavy atom. The summed E-state index contributed by atoms with van der Waals surface area (Å²) in [4.78, 5) is 0. The molecule has 1 heterocycles. The maximum Gasteiger partial charge on any atom is -0.102 e.